The molecule has 0 spiro atoms. The number of aromatic nitrogens is 1. The van der Waals surface area contributed by atoms with E-state index in [-0.39, 0.29) is 18.0 Å². The molecule has 4 heteroatoms. The van der Waals surface area contributed by atoms with Crippen LogP contribution in [0.2, 0.25) is 0 Å². The molecule has 0 N–H and O–H groups in total. The van der Waals surface area contributed by atoms with Crippen LogP contribution in [0, 0.1) is 12.3 Å². The van der Waals surface area contributed by atoms with Gasteiger partial charge in [-0.05, 0) is 12.3 Å². The molecule has 1 heterocycles. The van der Waals surface area contributed by atoms with Crippen LogP contribution in [0.4, 0.5) is 0 Å². The smallest absolute Gasteiger partial charge is 0.306 e. The summed E-state index contributed by atoms with van der Waals surface area (Å²) in [6.07, 6.45) is 2.00. The van der Waals surface area contributed by atoms with Crippen LogP contribution in [-0.4, -0.2) is 11.0 Å². The van der Waals surface area contributed by atoms with Gasteiger partial charge in [0, 0.05) is 0 Å². The van der Waals surface area contributed by atoms with Crippen molar-refractivity contribution in [2.75, 3.05) is 0 Å². The van der Waals surface area contributed by atoms with Gasteiger partial charge in [0.2, 0.25) is 5.89 Å². The molecule has 0 saturated heterocycles. The van der Waals surface area contributed by atoms with Gasteiger partial charge in [-0.3, -0.25) is 4.79 Å². The number of hydrogen-bond donors (Lipinski definition) is 0. The van der Waals surface area contributed by atoms with E-state index < -0.39 is 0 Å². The van der Waals surface area contributed by atoms with E-state index in [2.05, 4.69) is 4.98 Å². The maximum Gasteiger partial charge on any atom is 0.306 e. The average Bonchev–Trinajstić information content (AvgIpc) is 2.45. The zero-order valence-electron chi connectivity index (χ0n) is 9.66. The Bertz CT molecular complexity index is 336. The van der Waals surface area contributed by atoms with Crippen LogP contribution in [-0.2, 0) is 16.1 Å². The molecular weight excluding hydrogens is 194 g/mol. The van der Waals surface area contributed by atoms with E-state index in [9.17, 15) is 4.79 Å². The first kappa shape index (κ1) is 11.8. The zero-order chi connectivity index (χ0) is 11.5. The zero-order valence-corrected chi connectivity index (χ0v) is 9.66. The fraction of sp³-hybridized carbons (Fsp3) is 0.636. The molecule has 0 aliphatic rings. The van der Waals surface area contributed by atoms with Gasteiger partial charge in [0.05, 0.1) is 12.6 Å². The topological polar surface area (TPSA) is 52.3 Å². The van der Waals surface area contributed by atoms with Crippen molar-refractivity contribution >= 4 is 5.97 Å². The van der Waals surface area contributed by atoms with Gasteiger partial charge in [0.1, 0.15) is 5.76 Å². The van der Waals surface area contributed by atoms with Crippen molar-refractivity contribution in [1.29, 1.82) is 0 Å². The highest BCUT2D eigenvalue weighted by Crippen LogP contribution is 2.19. The Morgan fingerprint density at radius 2 is 2.20 bits per heavy atom. The molecule has 0 amide bonds. The summed E-state index contributed by atoms with van der Waals surface area (Å²) in [5.41, 5.74) is -0.0520. The summed E-state index contributed by atoms with van der Waals surface area (Å²) in [4.78, 5) is 15.3. The van der Waals surface area contributed by atoms with Crippen LogP contribution in [0.3, 0.4) is 0 Å². The van der Waals surface area contributed by atoms with Gasteiger partial charge >= 0.3 is 5.97 Å². The number of esters is 1. The van der Waals surface area contributed by atoms with E-state index in [1.807, 2.05) is 20.8 Å². The Kier molecular flexibility index (Phi) is 3.50. The fourth-order valence-corrected chi connectivity index (χ4v) is 1.09. The molecule has 4 nitrogen and oxygen atoms in total. The Hall–Kier alpha value is -1.32. The maximum absolute atomic E-state index is 11.3. The lowest BCUT2D eigenvalue weighted by atomic mass is 9.93. The molecule has 0 radical (unpaired) electrons. The summed E-state index contributed by atoms with van der Waals surface area (Å²) in [7, 11) is 0. The molecular formula is C11H17NO3. The third-order valence-electron chi connectivity index (χ3n) is 1.70. The molecule has 0 fully saturated rings. The molecule has 1 aromatic rings. The first-order chi connectivity index (χ1) is 6.87. The monoisotopic (exact) mass is 211 g/mol. The van der Waals surface area contributed by atoms with Gasteiger partial charge < -0.3 is 9.15 Å². The lowest BCUT2D eigenvalue weighted by Crippen LogP contribution is -2.15. The second-order valence-corrected chi connectivity index (χ2v) is 4.76. The fourth-order valence-electron chi connectivity index (χ4n) is 1.09. The maximum atomic E-state index is 11.3. The van der Waals surface area contributed by atoms with Gasteiger partial charge in [0.25, 0.3) is 0 Å². The number of aryl methyl sites for hydroxylation is 1. The van der Waals surface area contributed by atoms with Crippen LogP contribution in [0.15, 0.2) is 10.6 Å². The lowest BCUT2D eigenvalue weighted by molar-refractivity contribution is -0.147. The Balaban J connectivity index is 2.35. The largest absolute Gasteiger partial charge is 0.456 e. The van der Waals surface area contributed by atoms with Gasteiger partial charge in [-0.15, -0.1) is 0 Å². The molecule has 84 valence electrons. The molecule has 0 bridgehead atoms. The van der Waals surface area contributed by atoms with E-state index in [1.54, 1.807) is 13.1 Å². The lowest BCUT2D eigenvalue weighted by Gasteiger charge is -2.15. The van der Waals surface area contributed by atoms with Crippen molar-refractivity contribution in [3.63, 3.8) is 0 Å². The van der Waals surface area contributed by atoms with E-state index in [4.69, 9.17) is 9.15 Å². The normalized spacial score (nSPS) is 11.5. The van der Waals surface area contributed by atoms with Crippen molar-refractivity contribution < 1.29 is 13.9 Å². The molecule has 15 heavy (non-hydrogen) atoms. The molecule has 1 rings (SSSR count). The quantitative estimate of drug-likeness (QED) is 0.721. The number of rotatable bonds is 3. The molecule has 0 aromatic carbocycles. The predicted molar refractivity (Wildman–Crippen MR) is 55.1 cm³/mol. The van der Waals surface area contributed by atoms with Crippen molar-refractivity contribution in [1.82, 2.24) is 4.98 Å². The predicted octanol–water partition coefficient (Wildman–Crippen LogP) is 2.46. The SMILES string of the molecule is Cc1cnc(COC(=O)CC(C)(C)C)o1. The van der Waals surface area contributed by atoms with Crippen LogP contribution in [0.25, 0.3) is 0 Å². The summed E-state index contributed by atoms with van der Waals surface area (Å²) in [6.45, 7) is 7.88. The Morgan fingerprint density at radius 3 is 2.67 bits per heavy atom. The third kappa shape index (κ3) is 4.63. The van der Waals surface area contributed by atoms with Crippen LogP contribution in [0.5, 0.6) is 0 Å². The van der Waals surface area contributed by atoms with Crippen LogP contribution in [0.1, 0.15) is 38.8 Å². The van der Waals surface area contributed by atoms with Crippen LogP contribution < -0.4 is 0 Å². The van der Waals surface area contributed by atoms with Gasteiger partial charge in [-0.25, -0.2) is 4.98 Å². The first-order valence-electron chi connectivity index (χ1n) is 4.94. The Labute approximate surface area is 89.6 Å². The van der Waals surface area contributed by atoms with Gasteiger partial charge in [-0.2, -0.15) is 0 Å². The summed E-state index contributed by atoms with van der Waals surface area (Å²) < 4.78 is 10.2. The minimum Gasteiger partial charge on any atom is -0.456 e. The second kappa shape index (κ2) is 4.47. The Morgan fingerprint density at radius 1 is 1.53 bits per heavy atom. The molecule has 0 aliphatic heterocycles. The molecule has 0 atom stereocenters. The average molecular weight is 211 g/mol. The molecule has 0 saturated carbocycles. The summed E-state index contributed by atoms with van der Waals surface area (Å²) in [6, 6.07) is 0. The highest BCUT2D eigenvalue weighted by Gasteiger charge is 2.17. The number of hydrogen-bond acceptors (Lipinski definition) is 4. The van der Waals surface area contributed by atoms with Crippen molar-refractivity contribution in [2.24, 2.45) is 5.41 Å². The number of nitrogens with zero attached hydrogens (tertiary/aromatic N) is 1. The third-order valence-corrected chi connectivity index (χ3v) is 1.70. The minimum absolute atomic E-state index is 0.0520. The first-order valence-corrected chi connectivity index (χ1v) is 4.94. The van der Waals surface area contributed by atoms with Crippen molar-refractivity contribution in [3.05, 3.63) is 17.8 Å². The second-order valence-electron chi connectivity index (χ2n) is 4.76. The molecule has 1 aromatic heterocycles. The minimum atomic E-state index is -0.224. The standard InChI is InChI=1S/C11H17NO3/c1-8-6-12-9(15-8)7-14-10(13)5-11(2,3)4/h6H,5,7H2,1-4H3. The number of oxazole rings is 1. The highest BCUT2D eigenvalue weighted by atomic mass is 16.5. The molecule has 0 aliphatic carbocycles. The summed E-state index contributed by atoms with van der Waals surface area (Å²) >= 11 is 0. The van der Waals surface area contributed by atoms with E-state index in [0.29, 0.717) is 12.3 Å². The number of carbonyl (C=O) groups is 1. The van der Waals surface area contributed by atoms with E-state index in [0.717, 1.165) is 5.76 Å². The van der Waals surface area contributed by atoms with E-state index >= 15 is 0 Å². The van der Waals surface area contributed by atoms with Crippen LogP contribution >= 0.6 is 0 Å². The number of carbonyl (C=O) groups excluding carboxylic acids is 1. The summed E-state index contributed by atoms with van der Waals surface area (Å²) in [5.74, 6) is 0.935. The summed E-state index contributed by atoms with van der Waals surface area (Å²) in [5, 5.41) is 0. The van der Waals surface area contributed by atoms with Gasteiger partial charge in [-0.1, -0.05) is 20.8 Å². The van der Waals surface area contributed by atoms with E-state index in [1.165, 1.54) is 0 Å². The van der Waals surface area contributed by atoms with Crippen molar-refractivity contribution in [2.45, 2.75) is 40.7 Å². The highest BCUT2D eigenvalue weighted by molar-refractivity contribution is 5.70. The van der Waals surface area contributed by atoms with Gasteiger partial charge in [0.15, 0.2) is 6.61 Å². The number of ether oxygens (including phenoxy) is 1. The van der Waals surface area contributed by atoms with Crippen molar-refractivity contribution in [3.8, 4) is 0 Å². The molecule has 0 unspecified atom stereocenters.